The van der Waals surface area contributed by atoms with Crippen LogP contribution in [0.1, 0.15) is 24.8 Å². The van der Waals surface area contributed by atoms with Crippen molar-refractivity contribution in [3.8, 4) is 11.5 Å². The Labute approximate surface area is 128 Å². The number of methoxy groups -OCH3 is 1. The van der Waals surface area contributed by atoms with Gasteiger partial charge in [-0.05, 0) is 37.0 Å². The van der Waals surface area contributed by atoms with Crippen LogP contribution < -0.4 is 15.2 Å². The van der Waals surface area contributed by atoms with E-state index in [4.69, 9.17) is 10.5 Å². The monoisotopic (exact) mass is 313 g/mol. The molecule has 1 saturated heterocycles. The van der Waals surface area contributed by atoms with Crippen LogP contribution in [0.2, 0.25) is 0 Å². The Bertz CT molecular complexity index is 518. The van der Waals surface area contributed by atoms with Crippen LogP contribution in [0.25, 0.3) is 0 Å². The fourth-order valence-electron chi connectivity index (χ4n) is 2.40. The number of likely N-dealkylation sites (tertiary alicyclic amines) is 1. The van der Waals surface area contributed by atoms with Gasteiger partial charge in [0.15, 0.2) is 17.5 Å². The van der Waals surface area contributed by atoms with E-state index >= 15 is 0 Å². The summed E-state index contributed by atoms with van der Waals surface area (Å²) in [5, 5.41) is 0. The number of halogens is 2. The molecule has 0 atom stereocenters. The Kier molecular flexibility index (Phi) is 5.80. The number of benzene rings is 1. The number of ether oxygens (including phenoxy) is 2. The number of rotatable bonds is 5. The average molecular weight is 313 g/mol. The molecule has 22 heavy (non-hydrogen) atoms. The molecular weight excluding hydrogens is 292 g/mol. The standard InChI is InChI=1S/C15H21F2N3O2/c1-21-12-6-5-11(9-13(12)22-14(16)17)10-19-15(18)20-7-3-2-4-8-20/h5-6,9,14H,2-4,7-8,10H2,1H3,(H2,18,19). The first-order valence-electron chi connectivity index (χ1n) is 7.26. The molecule has 0 aliphatic carbocycles. The molecule has 1 heterocycles. The zero-order valence-electron chi connectivity index (χ0n) is 12.6. The molecule has 1 aromatic rings. The lowest BCUT2D eigenvalue weighted by Crippen LogP contribution is -2.40. The van der Waals surface area contributed by atoms with E-state index in [2.05, 4.69) is 9.73 Å². The van der Waals surface area contributed by atoms with Crippen molar-refractivity contribution in [3.05, 3.63) is 23.8 Å². The summed E-state index contributed by atoms with van der Waals surface area (Å²) >= 11 is 0. The van der Waals surface area contributed by atoms with Gasteiger partial charge in [-0.2, -0.15) is 8.78 Å². The Hall–Kier alpha value is -2.05. The molecule has 122 valence electrons. The molecule has 0 aromatic heterocycles. The van der Waals surface area contributed by atoms with E-state index in [0.717, 1.165) is 31.5 Å². The van der Waals surface area contributed by atoms with Gasteiger partial charge in [-0.25, -0.2) is 4.99 Å². The maximum Gasteiger partial charge on any atom is 0.387 e. The minimum absolute atomic E-state index is 0.00161. The predicted octanol–water partition coefficient (Wildman–Crippen LogP) is 2.60. The van der Waals surface area contributed by atoms with Gasteiger partial charge in [0.05, 0.1) is 13.7 Å². The highest BCUT2D eigenvalue weighted by molar-refractivity contribution is 5.78. The molecule has 1 aliphatic rings. The summed E-state index contributed by atoms with van der Waals surface area (Å²) in [5.41, 5.74) is 6.70. The van der Waals surface area contributed by atoms with Gasteiger partial charge >= 0.3 is 6.61 Å². The van der Waals surface area contributed by atoms with Crippen molar-refractivity contribution in [3.63, 3.8) is 0 Å². The predicted molar refractivity (Wildman–Crippen MR) is 80.4 cm³/mol. The van der Waals surface area contributed by atoms with Crippen LogP contribution in [0.15, 0.2) is 23.2 Å². The highest BCUT2D eigenvalue weighted by Crippen LogP contribution is 2.29. The van der Waals surface area contributed by atoms with Crippen molar-refractivity contribution >= 4 is 5.96 Å². The van der Waals surface area contributed by atoms with Gasteiger partial charge < -0.3 is 20.1 Å². The fraction of sp³-hybridized carbons (Fsp3) is 0.533. The highest BCUT2D eigenvalue weighted by atomic mass is 19.3. The molecule has 5 nitrogen and oxygen atoms in total. The molecule has 0 spiro atoms. The number of aliphatic imine (C=N–C) groups is 1. The summed E-state index contributed by atoms with van der Waals surface area (Å²) in [4.78, 5) is 6.38. The molecule has 2 rings (SSSR count). The second-order valence-electron chi connectivity index (χ2n) is 5.09. The molecular formula is C15H21F2N3O2. The second-order valence-corrected chi connectivity index (χ2v) is 5.09. The van der Waals surface area contributed by atoms with Crippen molar-refractivity contribution in [2.24, 2.45) is 10.7 Å². The van der Waals surface area contributed by atoms with Crippen LogP contribution in [0, 0.1) is 0 Å². The molecule has 1 aliphatic heterocycles. The van der Waals surface area contributed by atoms with Gasteiger partial charge in [0.25, 0.3) is 0 Å². The summed E-state index contributed by atoms with van der Waals surface area (Å²) < 4.78 is 34.2. The van der Waals surface area contributed by atoms with E-state index in [1.54, 1.807) is 12.1 Å². The molecule has 1 aromatic carbocycles. The molecule has 1 fully saturated rings. The van der Waals surface area contributed by atoms with Crippen LogP contribution in [-0.4, -0.2) is 37.7 Å². The highest BCUT2D eigenvalue weighted by Gasteiger charge is 2.13. The Morgan fingerprint density at radius 3 is 2.64 bits per heavy atom. The Balaban J connectivity index is 2.05. The van der Waals surface area contributed by atoms with Crippen LogP contribution >= 0.6 is 0 Å². The van der Waals surface area contributed by atoms with Crippen molar-refractivity contribution in [1.82, 2.24) is 4.90 Å². The van der Waals surface area contributed by atoms with Gasteiger partial charge in [-0.15, -0.1) is 0 Å². The van der Waals surface area contributed by atoms with Gasteiger partial charge in [0.1, 0.15) is 0 Å². The number of nitrogens with zero attached hydrogens (tertiary/aromatic N) is 2. The number of piperidine rings is 1. The minimum atomic E-state index is -2.90. The number of hydrogen-bond donors (Lipinski definition) is 1. The maximum atomic E-state index is 12.4. The zero-order valence-corrected chi connectivity index (χ0v) is 12.6. The van der Waals surface area contributed by atoms with Gasteiger partial charge in [0, 0.05) is 13.1 Å². The number of guanidine groups is 1. The van der Waals surface area contributed by atoms with Crippen molar-refractivity contribution in [1.29, 1.82) is 0 Å². The average Bonchev–Trinajstić information content (AvgIpc) is 2.53. The van der Waals surface area contributed by atoms with Crippen LogP contribution in [-0.2, 0) is 6.54 Å². The molecule has 0 unspecified atom stereocenters. The van der Waals surface area contributed by atoms with Gasteiger partial charge in [-0.1, -0.05) is 6.07 Å². The summed E-state index contributed by atoms with van der Waals surface area (Å²) in [6.45, 7) is -0.757. The third-order valence-corrected chi connectivity index (χ3v) is 3.55. The molecule has 0 radical (unpaired) electrons. The van der Waals surface area contributed by atoms with Crippen LogP contribution in [0.3, 0.4) is 0 Å². The number of nitrogens with two attached hydrogens (primary N) is 1. The lowest BCUT2D eigenvalue weighted by Gasteiger charge is -2.27. The van der Waals surface area contributed by atoms with Crippen LogP contribution in [0.5, 0.6) is 11.5 Å². The molecule has 0 amide bonds. The van der Waals surface area contributed by atoms with E-state index in [1.165, 1.54) is 19.6 Å². The lowest BCUT2D eigenvalue weighted by molar-refractivity contribution is -0.0512. The lowest BCUT2D eigenvalue weighted by atomic mass is 10.1. The Morgan fingerprint density at radius 1 is 1.27 bits per heavy atom. The summed E-state index contributed by atoms with van der Waals surface area (Å²) in [6, 6.07) is 4.84. The number of hydrogen-bond acceptors (Lipinski definition) is 3. The molecule has 0 saturated carbocycles. The zero-order chi connectivity index (χ0) is 15.9. The first-order chi connectivity index (χ1) is 10.6. The summed E-state index contributed by atoms with van der Waals surface area (Å²) in [7, 11) is 1.40. The maximum absolute atomic E-state index is 12.4. The minimum Gasteiger partial charge on any atom is -0.493 e. The van der Waals surface area contributed by atoms with Crippen LogP contribution in [0.4, 0.5) is 8.78 Å². The van der Waals surface area contributed by atoms with E-state index in [9.17, 15) is 8.78 Å². The SMILES string of the molecule is COc1ccc(CN=C(N)N2CCCCC2)cc1OC(F)F. The number of alkyl halides is 2. The topological polar surface area (TPSA) is 60.1 Å². The Morgan fingerprint density at radius 2 is 2.00 bits per heavy atom. The normalized spacial score (nSPS) is 16.0. The summed E-state index contributed by atoms with van der Waals surface area (Å²) in [6.07, 6.45) is 3.45. The smallest absolute Gasteiger partial charge is 0.387 e. The fourth-order valence-corrected chi connectivity index (χ4v) is 2.40. The van der Waals surface area contributed by atoms with Gasteiger partial charge in [0.2, 0.25) is 0 Å². The molecule has 0 bridgehead atoms. The second kappa shape index (κ2) is 7.82. The quantitative estimate of drug-likeness (QED) is 0.670. The third-order valence-electron chi connectivity index (χ3n) is 3.55. The summed E-state index contributed by atoms with van der Waals surface area (Å²) in [5.74, 6) is 0.755. The van der Waals surface area contributed by atoms with E-state index in [-0.39, 0.29) is 11.5 Å². The first kappa shape index (κ1) is 16.3. The van der Waals surface area contributed by atoms with E-state index in [0.29, 0.717) is 12.5 Å². The largest absolute Gasteiger partial charge is 0.493 e. The van der Waals surface area contributed by atoms with Crippen molar-refractivity contribution in [2.75, 3.05) is 20.2 Å². The van der Waals surface area contributed by atoms with E-state index < -0.39 is 6.61 Å². The van der Waals surface area contributed by atoms with Crippen molar-refractivity contribution in [2.45, 2.75) is 32.4 Å². The van der Waals surface area contributed by atoms with E-state index in [1.807, 2.05) is 4.90 Å². The first-order valence-corrected chi connectivity index (χ1v) is 7.26. The molecule has 7 heteroatoms. The van der Waals surface area contributed by atoms with Crippen molar-refractivity contribution < 1.29 is 18.3 Å². The van der Waals surface area contributed by atoms with Gasteiger partial charge in [-0.3, -0.25) is 0 Å². The third kappa shape index (κ3) is 4.47. The molecule has 2 N–H and O–H groups in total.